The lowest BCUT2D eigenvalue weighted by molar-refractivity contribution is 0.196. The van der Waals surface area contributed by atoms with Crippen LogP contribution in [0, 0.1) is 0 Å². The summed E-state index contributed by atoms with van der Waals surface area (Å²) in [5.74, 6) is 1.35. The second kappa shape index (κ2) is 7.85. The zero-order valence-corrected chi connectivity index (χ0v) is 10.1. The van der Waals surface area contributed by atoms with Crippen molar-refractivity contribution in [2.24, 2.45) is 5.14 Å². The van der Waals surface area contributed by atoms with Crippen LogP contribution in [0.15, 0.2) is 24.3 Å². The maximum absolute atomic E-state index is 8.97. The van der Waals surface area contributed by atoms with Crippen molar-refractivity contribution in [2.45, 2.75) is 0 Å². The quantitative estimate of drug-likeness (QED) is 0.649. The molecule has 0 saturated carbocycles. The zero-order valence-electron chi connectivity index (χ0n) is 9.24. The largest absolute Gasteiger partial charge is 0.493 e. The molecule has 1 aromatic carbocycles. The molecular weight excluding hydrogens is 250 g/mol. The highest BCUT2D eigenvalue weighted by Crippen LogP contribution is 2.25. The normalized spacial score (nSPS) is 10.1. The van der Waals surface area contributed by atoms with Gasteiger partial charge in [-0.1, -0.05) is 12.1 Å². The maximum Gasteiger partial charge on any atom is 0.330 e. The molecule has 0 aliphatic heterocycles. The number of benzene rings is 1. The molecule has 1 rings (SSSR count). The number of hydrogen-bond acceptors (Lipinski definition) is 5. The van der Waals surface area contributed by atoms with E-state index in [0.717, 1.165) is 0 Å². The van der Waals surface area contributed by atoms with E-state index < -0.39 is 10.3 Å². The third-order valence-electron chi connectivity index (χ3n) is 1.42. The third kappa shape index (κ3) is 9.57. The molecule has 0 radical (unpaired) electrons. The average Bonchev–Trinajstić information content (AvgIpc) is 2.24. The van der Waals surface area contributed by atoms with Gasteiger partial charge in [0, 0.05) is 0 Å². The molecular formula is C9H15NO6S. The Kier molecular flexibility index (Phi) is 7.22. The highest BCUT2D eigenvalue weighted by molar-refractivity contribution is 7.83. The number of aliphatic hydroxyl groups is 1. The Morgan fingerprint density at radius 3 is 2.18 bits per heavy atom. The lowest BCUT2D eigenvalue weighted by Crippen LogP contribution is -2.08. The summed E-state index contributed by atoms with van der Waals surface area (Å²) in [6.07, 6.45) is 0. The third-order valence-corrected chi connectivity index (χ3v) is 1.42. The Hall–Kier alpha value is -1.35. The van der Waals surface area contributed by atoms with E-state index >= 15 is 0 Å². The minimum absolute atomic E-state index is 0.0120. The molecule has 0 amide bonds. The molecule has 0 bridgehead atoms. The molecule has 0 spiro atoms. The second-order valence-corrected chi connectivity index (χ2v) is 3.77. The molecule has 0 fully saturated rings. The van der Waals surface area contributed by atoms with Crippen molar-refractivity contribution >= 4 is 10.3 Å². The molecule has 0 aliphatic carbocycles. The zero-order chi connectivity index (χ0) is 13.3. The molecule has 1 aromatic rings. The first-order chi connectivity index (χ1) is 7.88. The summed E-state index contributed by atoms with van der Waals surface area (Å²) in [5, 5.41) is 12.4. The molecule has 98 valence electrons. The number of rotatable bonds is 4. The first-order valence-corrected chi connectivity index (χ1v) is 6.00. The predicted octanol–water partition coefficient (Wildman–Crippen LogP) is -0.186. The number of nitrogens with two attached hydrogens (primary N) is 1. The van der Waals surface area contributed by atoms with Crippen LogP contribution in [-0.4, -0.2) is 38.4 Å². The van der Waals surface area contributed by atoms with Crippen molar-refractivity contribution < 1.29 is 27.6 Å². The predicted molar refractivity (Wildman–Crippen MR) is 61.3 cm³/mol. The lowest BCUT2D eigenvalue weighted by atomic mass is 10.3. The smallest absolute Gasteiger partial charge is 0.330 e. The molecule has 0 unspecified atom stereocenters. The van der Waals surface area contributed by atoms with Crippen LogP contribution in [0.5, 0.6) is 11.5 Å². The van der Waals surface area contributed by atoms with Crippen LogP contribution < -0.4 is 14.6 Å². The molecule has 0 atom stereocenters. The first-order valence-electron chi connectivity index (χ1n) is 4.50. The Balaban J connectivity index is 0.000000437. The second-order valence-electron chi connectivity index (χ2n) is 2.74. The molecule has 0 heterocycles. The fraction of sp³-hybridized carbons (Fsp3) is 0.333. The number of aliphatic hydroxyl groups excluding tert-OH is 1. The summed E-state index contributed by atoms with van der Waals surface area (Å²) < 4.78 is 35.4. The molecule has 0 saturated heterocycles. The minimum Gasteiger partial charge on any atom is -0.493 e. The minimum atomic E-state index is -4.17. The van der Waals surface area contributed by atoms with E-state index in [0.29, 0.717) is 18.1 Å². The fourth-order valence-corrected chi connectivity index (χ4v) is 0.894. The van der Waals surface area contributed by atoms with Gasteiger partial charge in [-0.2, -0.15) is 8.42 Å². The fourth-order valence-electron chi connectivity index (χ4n) is 0.894. The molecule has 0 aliphatic rings. The number of para-hydroxylation sites is 2. The Morgan fingerprint density at radius 2 is 1.76 bits per heavy atom. The van der Waals surface area contributed by atoms with E-state index in [1.54, 1.807) is 13.2 Å². The number of ether oxygens (including phenoxy) is 2. The van der Waals surface area contributed by atoms with Gasteiger partial charge in [-0.15, -0.1) is 0 Å². The van der Waals surface area contributed by atoms with E-state index in [1.807, 2.05) is 18.2 Å². The topological polar surface area (TPSA) is 119 Å². The van der Waals surface area contributed by atoms with E-state index in [4.69, 9.17) is 27.6 Å². The van der Waals surface area contributed by atoms with Gasteiger partial charge in [-0.05, 0) is 12.1 Å². The van der Waals surface area contributed by atoms with Crippen LogP contribution in [0.4, 0.5) is 0 Å². The van der Waals surface area contributed by atoms with Gasteiger partial charge >= 0.3 is 10.3 Å². The Bertz CT molecular complexity index is 411. The molecule has 4 N–H and O–H groups in total. The van der Waals surface area contributed by atoms with Gasteiger partial charge in [-0.25, -0.2) is 5.14 Å². The van der Waals surface area contributed by atoms with Gasteiger partial charge in [0.1, 0.15) is 6.61 Å². The maximum atomic E-state index is 8.97. The summed E-state index contributed by atoms with van der Waals surface area (Å²) in [4.78, 5) is 0. The van der Waals surface area contributed by atoms with Crippen molar-refractivity contribution in [3.63, 3.8) is 0 Å². The van der Waals surface area contributed by atoms with Gasteiger partial charge in [-0.3, -0.25) is 4.55 Å². The van der Waals surface area contributed by atoms with E-state index in [9.17, 15) is 0 Å². The summed E-state index contributed by atoms with van der Waals surface area (Å²) in [7, 11) is -2.58. The van der Waals surface area contributed by atoms with Crippen LogP contribution in [0.25, 0.3) is 0 Å². The molecule has 8 heteroatoms. The van der Waals surface area contributed by atoms with Crippen LogP contribution in [0.2, 0.25) is 0 Å². The van der Waals surface area contributed by atoms with Crippen molar-refractivity contribution in [2.75, 3.05) is 20.3 Å². The highest BCUT2D eigenvalue weighted by atomic mass is 32.2. The summed E-state index contributed by atoms with van der Waals surface area (Å²) >= 11 is 0. The van der Waals surface area contributed by atoms with Crippen molar-refractivity contribution in [1.29, 1.82) is 0 Å². The Labute approximate surface area is 99.7 Å². The number of methoxy groups -OCH3 is 1. The van der Waals surface area contributed by atoms with Crippen LogP contribution in [-0.2, 0) is 10.3 Å². The van der Waals surface area contributed by atoms with E-state index in [-0.39, 0.29) is 6.61 Å². The summed E-state index contributed by atoms with van der Waals surface area (Å²) in [5.41, 5.74) is 0. The van der Waals surface area contributed by atoms with Crippen LogP contribution >= 0.6 is 0 Å². The monoisotopic (exact) mass is 265 g/mol. The van der Waals surface area contributed by atoms with Crippen LogP contribution in [0.3, 0.4) is 0 Å². The van der Waals surface area contributed by atoms with Gasteiger partial charge in [0.25, 0.3) is 0 Å². The van der Waals surface area contributed by atoms with Crippen molar-refractivity contribution in [3.05, 3.63) is 24.3 Å². The highest BCUT2D eigenvalue weighted by Gasteiger charge is 2.00. The van der Waals surface area contributed by atoms with Crippen LogP contribution in [0.1, 0.15) is 0 Å². The lowest BCUT2D eigenvalue weighted by Gasteiger charge is -2.08. The molecule has 0 aromatic heterocycles. The SMILES string of the molecule is COc1ccccc1OCCO.NS(=O)(=O)O. The van der Waals surface area contributed by atoms with Gasteiger partial charge < -0.3 is 14.6 Å². The standard InChI is InChI=1S/C9H12O3.H3NO3S/c1-11-8-4-2-3-5-9(8)12-7-6-10;1-5(2,3)4/h2-5,10H,6-7H2,1H3;(H3,1,2,3,4). The average molecular weight is 265 g/mol. The van der Waals surface area contributed by atoms with Crippen molar-refractivity contribution in [1.82, 2.24) is 0 Å². The van der Waals surface area contributed by atoms with Gasteiger partial charge in [0.2, 0.25) is 0 Å². The van der Waals surface area contributed by atoms with Crippen molar-refractivity contribution in [3.8, 4) is 11.5 Å². The Morgan fingerprint density at radius 1 is 1.29 bits per heavy atom. The summed E-state index contributed by atoms with van der Waals surface area (Å²) in [6, 6.07) is 7.33. The first kappa shape index (κ1) is 15.7. The molecule has 17 heavy (non-hydrogen) atoms. The molecule has 7 nitrogen and oxygen atoms in total. The summed E-state index contributed by atoms with van der Waals surface area (Å²) in [6.45, 7) is 0.304. The van der Waals surface area contributed by atoms with E-state index in [2.05, 4.69) is 5.14 Å². The van der Waals surface area contributed by atoms with Gasteiger partial charge in [0.15, 0.2) is 11.5 Å². The van der Waals surface area contributed by atoms with Gasteiger partial charge in [0.05, 0.1) is 13.7 Å². The van der Waals surface area contributed by atoms with E-state index in [1.165, 1.54) is 0 Å². The number of hydrogen-bond donors (Lipinski definition) is 3.